The van der Waals surface area contributed by atoms with E-state index in [0.29, 0.717) is 0 Å². The molecule has 4 nitrogen and oxygen atoms in total. The molecule has 0 amide bonds. The highest BCUT2D eigenvalue weighted by molar-refractivity contribution is 4.68. The van der Waals surface area contributed by atoms with Gasteiger partial charge < -0.3 is 15.2 Å². The van der Waals surface area contributed by atoms with Crippen LogP contribution in [-0.4, -0.2) is 48.7 Å². The second-order valence-electron chi connectivity index (χ2n) is 3.12. The molecule has 1 fully saturated rings. The van der Waals surface area contributed by atoms with Gasteiger partial charge in [-0.3, -0.25) is 4.90 Å². The van der Waals surface area contributed by atoms with Crippen LogP contribution in [0.1, 0.15) is 13.8 Å². The minimum atomic E-state index is -0.671. The molecule has 2 unspecified atom stereocenters. The van der Waals surface area contributed by atoms with E-state index in [0.717, 1.165) is 26.2 Å². The molecular weight excluding hydrogens is 156 g/mol. The lowest BCUT2D eigenvalue weighted by Crippen LogP contribution is -2.48. The molecule has 1 heterocycles. The second-order valence-corrected chi connectivity index (χ2v) is 3.12. The number of hydrogen-bond acceptors (Lipinski definition) is 4. The standard InChI is InChI=1S/C8H18N2O2/c1-7(12-8(2)11)10-5-3-9-4-6-10/h7-9,11H,3-6H2,1-2H3. The van der Waals surface area contributed by atoms with Crippen molar-refractivity contribution in [1.29, 1.82) is 0 Å². The van der Waals surface area contributed by atoms with Crippen molar-refractivity contribution in [2.45, 2.75) is 26.4 Å². The molecule has 0 aromatic carbocycles. The molecule has 0 radical (unpaired) electrons. The number of nitrogens with one attached hydrogen (secondary N) is 1. The Hall–Kier alpha value is -0.160. The maximum absolute atomic E-state index is 8.99. The summed E-state index contributed by atoms with van der Waals surface area (Å²) in [4.78, 5) is 2.21. The summed E-state index contributed by atoms with van der Waals surface area (Å²) < 4.78 is 5.24. The average Bonchev–Trinajstić information content (AvgIpc) is 2.05. The maximum atomic E-state index is 8.99. The zero-order valence-electron chi connectivity index (χ0n) is 7.79. The van der Waals surface area contributed by atoms with E-state index in [2.05, 4.69) is 10.2 Å². The highest BCUT2D eigenvalue weighted by Crippen LogP contribution is 2.03. The molecule has 2 N–H and O–H groups in total. The lowest BCUT2D eigenvalue weighted by Gasteiger charge is -2.33. The summed E-state index contributed by atoms with van der Waals surface area (Å²) >= 11 is 0. The quantitative estimate of drug-likeness (QED) is 0.571. The van der Waals surface area contributed by atoms with Crippen molar-refractivity contribution >= 4 is 0 Å². The number of hydrogen-bond donors (Lipinski definition) is 2. The molecule has 12 heavy (non-hydrogen) atoms. The molecule has 72 valence electrons. The Bertz CT molecular complexity index is 124. The first-order valence-electron chi connectivity index (χ1n) is 4.48. The highest BCUT2D eigenvalue weighted by atomic mass is 16.6. The van der Waals surface area contributed by atoms with Gasteiger partial charge in [0, 0.05) is 26.2 Å². The monoisotopic (exact) mass is 174 g/mol. The fourth-order valence-corrected chi connectivity index (χ4v) is 1.42. The van der Waals surface area contributed by atoms with Gasteiger partial charge in [-0.1, -0.05) is 0 Å². The van der Waals surface area contributed by atoms with Crippen LogP contribution < -0.4 is 5.32 Å². The van der Waals surface area contributed by atoms with E-state index in [-0.39, 0.29) is 6.23 Å². The summed E-state index contributed by atoms with van der Waals surface area (Å²) in [6.45, 7) is 7.61. The van der Waals surface area contributed by atoms with E-state index >= 15 is 0 Å². The van der Waals surface area contributed by atoms with Crippen molar-refractivity contribution in [3.8, 4) is 0 Å². The van der Waals surface area contributed by atoms with E-state index in [4.69, 9.17) is 9.84 Å². The van der Waals surface area contributed by atoms with Gasteiger partial charge in [-0.15, -0.1) is 0 Å². The summed E-state index contributed by atoms with van der Waals surface area (Å²) in [6, 6.07) is 0. The molecule has 0 spiro atoms. The van der Waals surface area contributed by atoms with Crippen LogP contribution in [0.2, 0.25) is 0 Å². The number of nitrogens with zero attached hydrogens (tertiary/aromatic N) is 1. The maximum Gasteiger partial charge on any atom is 0.153 e. The Morgan fingerprint density at radius 3 is 2.42 bits per heavy atom. The van der Waals surface area contributed by atoms with Gasteiger partial charge in [-0.2, -0.15) is 0 Å². The van der Waals surface area contributed by atoms with Gasteiger partial charge in [0.2, 0.25) is 0 Å². The van der Waals surface area contributed by atoms with Crippen LogP contribution in [0.3, 0.4) is 0 Å². The first-order chi connectivity index (χ1) is 5.70. The molecular formula is C8H18N2O2. The molecule has 2 atom stereocenters. The van der Waals surface area contributed by atoms with Gasteiger partial charge in [0.05, 0.1) is 0 Å². The minimum absolute atomic E-state index is 0.0205. The smallest absolute Gasteiger partial charge is 0.153 e. The van der Waals surface area contributed by atoms with Crippen molar-refractivity contribution in [1.82, 2.24) is 10.2 Å². The Morgan fingerprint density at radius 1 is 1.33 bits per heavy atom. The molecule has 0 aliphatic carbocycles. The SMILES string of the molecule is CC(O)OC(C)N1CCNCC1. The van der Waals surface area contributed by atoms with Crippen LogP contribution in [0.4, 0.5) is 0 Å². The van der Waals surface area contributed by atoms with E-state index in [1.807, 2.05) is 6.92 Å². The number of aliphatic hydroxyl groups is 1. The van der Waals surface area contributed by atoms with Crippen LogP contribution in [0.15, 0.2) is 0 Å². The second kappa shape index (κ2) is 4.77. The Kier molecular flexibility index (Phi) is 3.94. The molecule has 4 heteroatoms. The molecule has 0 aromatic rings. The van der Waals surface area contributed by atoms with E-state index in [1.165, 1.54) is 0 Å². The van der Waals surface area contributed by atoms with Crippen molar-refractivity contribution < 1.29 is 9.84 Å². The van der Waals surface area contributed by atoms with Gasteiger partial charge in [0.1, 0.15) is 6.23 Å². The molecule has 1 saturated heterocycles. The first kappa shape index (κ1) is 9.92. The van der Waals surface area contributed by atoms with Crippen molar-refractivity contribution in [3.05, 3.63) is 0 Å². The minimum Gasteiger partial charge on any atom is -0.368 e. The van der Waals surface area contributed by atoms with E-state index in [9.17, 15) is 0 Å². The molecule has 0 aromatic heterocycles. The zero-order chi connectivity index (χ0) is 8.97. The molecule has 1 aliphatic rings. The van der Waals surface area contributed by atoms with Crippen molar-refractivity contribution in [2.24, 2.45) is 0 Å². The third kappa shape index (κ3) is 3.06. The van der Waals surface area contributed by atoms with Crippen LogP contribution in [0, 0.1) is 0 Å². The largest absolute Gasteiger partial charge is 0.368 e. The normalized spacial score (nSPS) is 25.2. The zero-order valence-corrected chi connectivity index (χ0v) is 7.79. The summed E-state index contributed by atoms with van der Waals surface area (Å²) in [5.74, 6) is 0. The predicted molar refractivity (Wildman–Crippen MR) is 46.7 cm³/mol. The van der Waals surface area contributed by atoms with E-state index < -0.39 is 6.29 Å². The van der Waals surface area contributed by atoms with Crippen LogP contribution >= 0.6 is 0 Å². The molecule has 1 rings (SSSR count). The number of ether oxygens (including phenoxy) is 1. The van der Waals surface area contributed by atoms with Crippen molar-refractivity contribution in [3.63, 3.8) is 0 Å². The lowest BCUT2D eigenvalue weighted by molar-refractivity contribution is -0.167. The molecule has 1 aliphatic heterocycles. The predicted octanol–water partition coefficient (Wildman–Crippen LogP) is -0.407. The van der Waals surface area contributed by atoms with Gasteiger partial charge in [0.15, 0.2) is 6.29 Å². The van der Waals surface area contributed by atoms with Crippen LogP contribution in [0.5, 0.6) is 0 Å². The third-order valence-electron chi connectivity index (χ3n) is 2.06. The third-order valence-corrected chi connectivity index (χ3v) is 2.06. The fourth-order valence-electron chi connectivity index (χ4n) is 1.42. The van der Waals surface area contributed by atoms with Crippen LogP contribution in [0.25, 0.3) is 0 Å². The summed E-state index contributed by atoms with van der Waals surface area (Å²) in [6.07, 6.45) is -0.651. The molecule has 0 bridgehead atoms. The Labute approximate surface area is 73.5 Å². The number of rotatable bonds is 3. The van der Waals surface area contributed by atoms with Gasteiger partial charge in [0.25, 0.3) is 0 Å². The molecule has 0 saturated carbocycles. The number of aliphatic hydroxyl groups excluding tert-OH is 1. The average molecular weight is 174 g/mol. The van der Waals surface area contributed by atoms with Gasteiger partial charge >= 0.3 is 0 Å². The summed E-state index contributed by atoms with van der Waals surface area (Å²) in [5, 5.41) is 12.3. The number of piperazine rings is 1. The first-order valence-corrected chi connectivity index (χ1v) is 4.48. The van der Waals surface area contributed by atoms with E-state index in [1.54, 1.807) is 6.92 Å². The fraction of sp³-hybridized carbons (Fsp3) is 1.00. The van der Waals surface area contributed by atoms with Crippen molar-refractivity contribution in [2.75, 3.05) is 26.2 Å². The van der Waals surface area contributed by atoms with Crippen LogP contribution in [-0.2, 0) is 4.74 Å². The lowest BCUT2D eigenvalue weighted by atomic mass is 10.3. The Balaban J connectivity index is 2.24. The topological polar surface area (TPSA) is 44.7 Å². The van der Waals surface area contributed by atoms with Gasteiger partial charge in [-0.25, -0.2) is 0 Å². The summed E-state index contributed by atoms with van der Waals surface area (Å²) in [7, 11) is 0. The Morgan fingerprint density at radius 2 is 1.92 bits per heavy atom. The van der Waals surface area contributed by atoms with Gasteiger partial charge in [-0.05, 0) is 13.8 Å². The highest BCUT2D eigenvalue weighted by Gasteiger charge is 2.17. The summed E-state index contributed by atoms with van der Waals surface area (Å²) in [5.41, 5.74) is 0.